The van der Waals surface area contributed by atoms with Crippen LogP contribution < -0.4 is 5.32 Å². The molecule has 80 valence electrons. The molecule has 1 heterocycles. The number of rotatable bonds is 2. The Kier molecular flexibility index (Phi) is 3.41. The Morgan fingerprint density at radius 2 is 1.57 bits per heavy atom. The third kappa shape index (κ3) is 2.02. The molecule has 0 aromatic carbocycles. The molecule has 0 fully saturated rings. The van der Waals surface area contributed by atoms with Crippen molar-refractivity contribution in [2.75, 3.05) is 6.54 Å². The van der Waals surface area contributed by atoms with Crippen molar-refractivity contribution in [2.45, 2.75) is 41.5 Å². The summed E-state index contributed by atoms with van der Waals surface area (Å²) in [6.07, 6.45) is 0. The van der Waals surface area contributed by atoms with Gasteiger partial charge in [-0.3, -0.25) is 0 Å². The number of hydrogen-bond acceptors (Lipinski definition) is 1. The maximum Gasteiger partial charge on any atom is 0.0360 e. The zero-order chi connectivity index (χ0) is 10.9. The number of hydrogen-bond donors (Lipinski definition) is 1. The molecule has 14 heavy (non-hydrogen) atoms. The van der Waals surface area contributed by atoms with Gasteiger partial charge in [0.1, 0.15) is 0 Å². The van der Waals surface area contributed by atoms with E-state index in [1.807, 2.05) is 0 Å². The largest absolute Gasteiger partial charge is 0.384 e. The SMILES string of the molecule is CC1=C(C(C)C)C(C)=C(C(C)C)NC1. The molecule has 1 aliphatic rings. The first-order chi connectivity index (χ1) is 6.45. The van der Waals surface area contributed by atoms with Gasteiger partial charge < -0.3 is 5.32 Å². The third-order valence-corrected chi connectivity index (χ3v) is 2.97. The van der Waals surface area contributed by atoms with E-state index in [0.29, 0.717) is 11.8 Å². The molecule has 0 saturated heterocycles. The molecule has 0 bridgehead atoms. The fourth-order valence-electron chi connectivity index (χ4n) is 2.48. The summed E-state index contributed by atoms with van der Waals surface area (Å²) in [6.45, 7) is 14.6. The standard InChI is InChI=1S/C13H23N/c1-8(2)12-10(5)7-14-13(9(3)4)11(12)6/h8-9,14H,7H2,1-6H3. The van der Waals surface area contributed by atoms with E-state index in [1.165, 1.54) is 16.8 Å². The first-order valence-electron chi connectivity index (χ1n) is 5.59. The first-order valence-corrected chi connectivity index (χ1v) is 5.59. The van der Waals surface area contributed by atoms with Crippen LogP contribution in [0.15, 0.2) is 22.4 Å². The molecular formula is C13H23N. The average Bonchev–Trinajstić information content (AvgIpc) is 2.02. The van der Waals surface area contributed by atoms with Crippen LogP contribution in [-0.4, -0.2) is 6.54 Å². The second kappa shape index (κ2) is 4.20. The molecule has 0 atom stereocenters. The van der Waals surface area contributed by atoms with Crippen molar-refractivity contribution in [1.29, 1.82) is 0 Å². The summed E-state index contributed by atoms with van der Waals surface area (Å²) < 4.78 is 0. The van der Waals surface area contributed by atoms with Gasteiger partial charge in [-0.2, -0.15) is 0 Å². The van der Waals surface area contributed by atoms with E-state index in [2.05, 4.69) is 46.9 Å². The van der Waals surface area contributed by atoms with Crippen LogP contribution in [0.2, 0.25) is 0 Å². The fraction of sp³-hybridized carbons (Fsp3) is 0.692. The first kappa shape index (κ1) is 11.4. The lowest BCUT2D eigenvalue weighted by Gasteiger charge is -2.29. The lowest BCUT2D eigenvalue weighted by Crippen LogP contribution is -2.27. The summed E-state index contributed by atoms with van der Waals surface area (Å²) in [5, 5.41) is 3.52. The summed E-state index contributed by atoms with van der Waals surface area (Å²) in [5.74, 6) is 1.25. The lowest BCUT2D eigenvalue weighted by atomic mass is 9.86. The zero-order valence-electron chi connectivity index (χ0n) is 10.4. The molecular weight excluding hydrogens is 170 g/mol. The van der Waals surface area contributed by atoms with Crippen molar-refractivity contribution in [3.63, 3.8) is 0 Å². The highest BCUT2D eigenvalue weighted by Gasteiger charge is 2.19. The quantitative estimate of drug-likeness (QED) is 0.708. The summed E-state index contributed by atoms with van der Waals surface area (Å²) in [5.41, 5.74) is 5.97. The predicted octanol–water partition coefficient (Wildman–Crippen LogP) is 3.49. The van der Waals surface area contributed by atoms with Gasteiger partial charge in [0.05, 0.1) is 0 Å². The molecule has 0 saturated carbocycles. The Bertz CT molecular complexity index is 280. The molecule has 1 N–H and O–H groups in total. The second-order valence-electron chi connectivity index (χ2n) is 4.90. The predicted molar refractivity (Wildman–Crippen MR) is 63.1 cm³/mol. The highest BCUT2D eigenvalue weighted by atomic mass is 14.9. The molecule has 0 radical (unpaired) electrons. The topological polar surface area (TPSA) is 12.0 Å². The monoisotopic (exact) mass is 193 g/mol. The third-order valence-electron chi connectivity index (χ3n) is 2.97. The highest BCUT2D eigenvalue weighted by molar-refractivity contribution is 5.42. The Balaban J connectivity index is 3.12. The minimum absolute atomic E-state index is 0.608. The van der Waals surface area contributed by atoms with Crippen LogP contribution in [-0.2, 0) is 0 Å². The number of nitrogens with one attached hydrogen (secondary N) is 1. The minimum Gasteiger partial charge on any atom is -0.384 e. The van der Waals surface area contributed by atoms with Crippen molar-refractivity contribution in [3.8, 4) is 0 Å². The molecule has 0 unspecified atom stereocenters. The van der Waals surface area contributed by atoms with E-state index in [-0.39, 0.29) is 0 Å². The van der Waals surface area contributed by atoms with Crippen LogP contribution in [0.25, 0.3) is 0 Å². The van der Waals surface area contributed by atoms with E-state index in [4.69, 9.17) is 0 Å². The Morgan fingerprint density at radius 1 is 1.00 bits per heavy atom. The molecule has 0 aliphatic carbocycles. The molecule has 0 amide bonds. The molecule has 1 nitrogen and oxygen atoms in total. The van der Waals surface area contributed by atoms with Crippen LogP contribution in [0.4, 0.5) is 0 Å². The van der Waals surface area contributed by atoms with E-state index in [0.717, 1.165) is 6.54 Å². The van der Waals surface area contributed by atoms with E-state index in [9.17, 15) is 0 Å². The zero-order valence-corrected chi connectivity index (χ0v) is 10.4. The van der Waals surface area contributed by atoms with Gasteiger partial charge in [-0.25, -0.2) is 0 Å². The minimum atomic E-state index is 0.608. The van der Waals surface area contributed by atoms with E-state index in [1.54, 1.807) is 5.57 Å². The summed E-state index contributed by atoms with van der Waals surface area (Å²) >= 11 is 0. The molecule has 1 rings (SSSR count). The van der Waals surface area contributed by atoms with Crippen molar-refractivity contribution in [3.05, 3.63) is 22.4 Å². The van der Waals surface area contributed by atoms with Gasteiger partial charge in [0.2, 0.25) is 0 Å². The Labute approximate surface area is 88.3 Å². The molecule has 0 aromatic heterocycles. The number of dihydropyridines is 1. The highest BCUT2D eigenvalue weighted by Crippen LogP contribution is 2.30. The number of allylic oxidation sites excluding steroid dienone is 3. The van der Waals surface area contributed by atoms with Gasteiger partial charge >= 0.3 is 0 Å². The Hall–Kier alpha value is -0.720. The van der Waals surface area contributed by atoms with Crippen LogP contribution in [0, 0.1) is 11.8 Å². The van der Waals surface area contributed by atoms with E-state index >= 15 is 0 Å². The van der Waals surface area contributed by atoms with Crippen LogP contribution in [0.3, 0.4) is 0 Å². The van der Waals surface area contributed by atoms with Gasteiger partial charge in [-0.05, 0) is 36.8 Å². The van der Waals surface area contributed by atoms with Gasteiger partial charge in [0.15, 0.2) is 0 Å². The average molecular weight is 193 g/mol. The Morgan fingerprint density at radius 3 is 2.00 bits per heavy atom. The maximum atomic E-state index is 3.52. The van der Waals surface area contributed by atoms with Gasteiger partial charge in [0.25, 0.3) is 0 Å². The van der Waals surface area contributed by atoms with Crippen molar-refractivity contribution >= 4 is 0 Å². The maximum absolute atomic E-state index is 3.52. The summed E-state index contributed by atoms with van der Waals surface area (Å²) in [6, 6.07) is 0. The normalized spacial score (nSPS) is 18.3. The molecule has 0 spiro atoms. The fourth-order valence-corrected chi connectivity index (χ4v) is 2.48. The molecule has 1 aliphatic heterocycles. The molecule has 0 aromatic rings. The van der Waals surface area contributed by atoms with Crippen LogP contribution in [0.5, 0.6) is 0 Å². The molecule has 1 heteroatoms. The van der Waals surface area contributed by atoms with Crippen LogP contribution >= 0.6 is 0 Å². The van der Waals surface area contributed by atoms with Crippen molar-refractivity contribution in [2.24, 2.45) is 11.8 Å². The van der Waals surface area contributed by atoms with Gasteiger partial charge in [-0.1, -0.05) is 33.3 Å². The lowest BCUT2D eigenvalue weighted by molar-refractivity contribution is 0.627. The van der Waals surface area contributed by atoms with Gasteiger partial charge in [0, 0.05) is 12.2 Å². The van der Waals surface area contributed by atoms with Crippen LogP contribution in [0.1, 0.15) is 41.5 Å². The van der Waals surface area contributed by atoms with E-state index < -0.39 is 0 Å². The van der Waals surface area contributed by atoms with Gasteiger partial charge in [-0.15, -0.1) is 0 Å². The van der Waals surface area contributed by atoms with Crippen molar-refractivity contribution in [1.82, 2.24) is 5.32 Å². The second-order valence-corrected chi connectivity index (χ2v) is 4.90. The summed E-state index contributed by atoms with van der Waals surface area (Å²) in [7, 11) is 0. The smallest absolute Gasteiger partial charge is 0.0360 e. The van der Waals surface area contributed by atoms with Crippen molar-refractivity contribution < 1.29 is 0 Å². The summed E-state index contributed by atoms with van der Waals surface area (Å²) in [4.78, 5) is 0.